The van der Waals surface area contributed by atoms with Gasteiger partial charge in [-0.1, -0.05) is 0 Å². The zero-order valence-corrected chi connectivity index (χ0v) is 10.5. The number of rotatable bonds is 3. The summed E-state index contributed by atoms with van der Waals surface area (Å²) < 4.78 is 2.21. The Morgan fingerprint density at radius 3 is 3.11 bits per heavy atom. The van der Waals surface area contributed by atoms with Gasteiger partial charge in [-0.15, -0.1) is 0 Å². The van der Waals surface area contributed by atoms with Gasteiger partial charge in [-0.2, -0.15) is 0 Å². The molecule has 2 aromatic heterocycles. The second-order valence-corrected chi connectivity index (χ2v) is 4.39. The van der Waals surface area contributed by atoms with Gasteiger partial charge in [0.25, 0.3) is 0 Å². The Bertz CT molecular complexity index is 534. The number of imidazole rings is 1. The molecule has 0 aliphatic carbocycles. The summed E-state index contributed by atoms with van der Waals surface area (Å²) in [7, 11) is 0. The number of fused-ring (bicyclic) bond motifs is 1. The Morgan fingerprint density at radius 2 is 2.22 bits per heavy atom. The highest BCUT2D eigenvalue weighted by Crippen LogP contribution is 2.21. The number of hydrogen-bond acceptors (Lipinski definition) is 4. The van der Waals surface area contributed by atoms with E-state index in [2.05, 4.69) is 43.8 Å². The Hall–Kier alpha value is -2.04. The van der Waals surface area contributed by atoms with Crippen LogP contribution < -0.4 is 10.2 Å². The van der Waals surface area contributed by atoms with E-state index in [4.69, 9.17) is 0 Å². The summed E-state index contributed by atoms with van der Waals surface area (Å²) in [6.07, 6.45) is 5.77. The molecule has 2 aromatic rings. The summed E-state index contributed by atoms with van der Waals surface area (Å²) in [5.74, 6) is 2.06. The number of nitrogens with one attached hydrogen (secondary N) is 1. The number of aromatic nitrogens is 3. The van der Waals surface area contributed by atoms with Crippen LogP contribution in [-0.2, 0) is 13.1 Å². The number of nitrogens with zero attached hydrogens (tertiary/aromatic N) is 4. The lowest BCUT2D eigenvalue weighted by atomic mass is 10.3. The summed E-state index contributed by atoms with van der Waals surface area (Å²) in [4.78, 5) is 11.0. The van der Waals surface area contributed by atoms with Crippen molar-refractivity contribution in [3.05, 3.63) is 36.5 Å². The molecular formula is C13H17N5. The van der Waals surface area contributed by atoms with E-state index in [0.717, 1.165) is 37.8 Å². The molecule has 0 aromatic carbocycles. The molecular weight excluding hydrogens is 226 g/mol. The van der Waals surface area contributed by atoms with Crippen LogP contribution in [-0.4, -0.2) is 27.6 Å². The second-order valence-electron chi connectivity index (χ2n) is 4.39. The average molecular weight is 243 g/mol. The maximum atomic E-state index is 4.38. The van der Waals surface area contributed by atoms with E-state index in [-0.39, 0.29) is 0 Å². The van der Waals surface area contributed by atoms with Crippen LogP contribution in [0.2, 0.25) is 0 Å². The van der Waals surface area contributed by atoms with Gasteiger partial charge in [-0.3, -0.25) is 0 Å². The first-order valence-corrected chi connectivity index (χ1v) is 6.31. The van der Waals surface area contributed by atoms with Gasteiger partial charge >= 0.3 is 0 Å². The lowest BCUT2D eigenvalue weighted by molar-refractivity contribution is 0.560. The normalized spacial score (nSPS) is 14.4. The van der Waals surface area contributed by atoms with E-state index < -0.39 is 0 Å². The smallest absolute Gasteiger partial charge is 0.128 e. The SMILES string of the molecule is CCNc1cc(N2CCn3ccnc3C2)ccn1. The van der Waals surface area contributed by atoms with E-state index >= 15 is 0 Å². The molecule has 3 heterocycles. The highest BCUT2D eigenvalue weighted by Gasteiger charge is 2.16. The van der Waals surface area contributed by atoms with Gasteiger partial charge < -0.3 is 14.8 Å². The third-order valence-corrected chi connectivity index (χ3v) is 3.21. The third-order valence-electron chi connectivity index (χ3n) is 3.21. The van der Waals surface area contributed by atoms with E-state index in [1.807, 2.05) is 18.6 Å². The molecule has 3 rings (SSSR count). The van der Waals surface area contributed by atoms with Crippen molar-refractivity contribution in [2.75, 3.05) is 23.3 Å². The lowest BCUT2D eigenvalue weighted by Gasteiger charge is -2.29. The summed E-state index contributed by atoms with van der Waals surface area (Å²) in [5.41, 5.74) is 1.20. The van der Waals surface area contributed by atoms with Crippen molar-refractivity contribution in [3.8, 4) is 0 Å². The maximum Gasteiger partial charge on any atom is 0.128 e. The minimum absolute atomic E-state index is 0.864. The van der Waals surface area contributed by atoms with Crippen LogP contribution in [0.4, 0.5) is 11.5 Å². The van der Waals surface area contributed by atoms with E-state index in [1.165, 1.54) is 5.69 Å². The van der Waals surface area contributed by atoms with Crippen LogP contribution >= 0.6 is 0 Å². The Balaban J connectivity index is 1.81. The average Bonchev–Trinajstić information content (AvgIpc) is 2.86. The van der Waals surface area contributed by atoms with Crippen molar-refractivity contribution < 1.29 is 0 Å². The van der Waals surface area contributed by atoms with Crippen molar-refractivity contribution in [1.29, 1.82) is 0 Å². The number of pyridine rings is 1. The largest absolute Gasteiger partial charge is 0.370 e. The predicted molar refractivity (Wildman–Crippen MR) is 71.7 cm³/mol. The quantitative estimate of drug-likeness (QED) is 0.891. The van der Waals surface area contributed by atoms with Gasteiger partial charge in [0, 0.05) is 50.0 Å². The Kier molecular flexibility index (Phi) is 2.88. The standard InChI is InChI=1S/C13H17N5/c1-2-14-12-9-11(3-4-15-12)18-8-7-17-6-5-16-13(17)10-18/h3-6,9H,2,7-8,10H2,1H3,(H,14,15). The van der Waals surface area contributed by atoms with Crippen LogP contribution in [0, 0.1) is 0 Å². The topological polar surface area (TPSA) is 46.0 Å². The monoisotopic (exact) mass is 243 g/mol. The molecule has 5 heteroatoms. The molecule has 0 spiro atoms. The van der Waals surface area contributed by atoms with E-state index in [1.54, 1.807) is 0 Å². The molecule has 0 fully saturated rings. The lowest BCUT2D eigenvalue weighted by Crippen LogP contribution is -2.33. The summed E-state index contributed by atoms with van der Waals surface area (Å²) in [6.45, 7) is 5.84. The highest BCUT2D eigenvalue weighted by molar-refractivity contribution is 5.54. The Morgan fingerprint density at radius 1 is 1.28 bits per heavy atom. The predicted octanol–water partition coefficient (Wildman–Crippen LogP) is 1.73. The minimum Gasteiger partial charge on any atom is -0.370 e. The first-order chi connectivity index (χ1) is 8.86. The summed E-state index contributed by atoms with van der Waals surface area (Å²) in [5, 5.41) is 3.24. The molecule has 0 saturated heterocycles. The molecule has 0 saturated carbocycles. The molecule has 0 atom stereocenters. The minimum atomic E-state index is 0.864. The molecule has 0 unspecified atom stereocenters. The van der Waals surface area contributed by atoms with Crippen molar-refractivity contribution in [3.63, 3.8) is 0 Å². The van der Waals surface area contributed by atoms with Crippen LogP contribution in [0.15, 0.2) is 30.7 Å². The van der Waals surface area contributed by atoms with Crippen LogP contribution in [0.1, 0.15) is 12.7 Å². The fourth-order valence-corrected chi connectivity index (χ4v) is 2.29. The van der Waals surface area contributed by atoms with Crippen molar-refractivity contribution in [1.82, 2.24) is 14.5 Å². The van der Waals surface area contributed by atoms with Gasteiger partial charge in [0.05, 0.1) is 6.54 Å². The maximum absolute atomic E-state index is 4.38. The van der Waals surface area contributed by atoms with Gasteiger partial charge in [-0.25, -0.2) is 9.97 Å². The first kappa shape index (κ1) is 11.1. The molecule has 18 heavy (non-hydrogen) atoms. The molecule has 94 valence electrons. The third kappa shape index (κ3) is 2.03. The van der Waals surface area contributed by atoms with E-state index in [9.17, 15) is 0 Å². The summed E-state index contributed by atoms with van der Waals surface area (Å²) >= 11 is 0. The van der Waals surface area contributed by atoms with Crippen molar-refractivity contribution in [2.24, 2.45) is 0 Å². The molecule has 0 bridgehead atoms. The zero-order chi connectivity index (χ0) is 12.4. The molecule has 1 aliphatic heterocycles. The fraction of sp³-hybridized carbons (Fsp3) is 0.385. The van der Waals surface area contributed by atoms with Gasteiger partial charge in [0.2, 0.25) is 0 Å². The molecule has 1 aliphatic rings. The Labute approximate surface area is 106 Å². The highest BCUT2D eigenvalue weighted by atomic mass is 15.2. The molecule has 0 amide bonds. The fourth-order valence-electron chi connectivity index (χ4n) is 2.29. The molecule has 0 radical (unpaired) electrons. The van der Waals surface area contributed by atoms with Crippen LogP contribution in [0.5, 0.6) is 0 Å². The van der Waals surface area contributed by atoms with Crippen LogP contribution in [0.25, 0.3) is 0 Å². The van der Waals surface area contributed by atoms with Gasteiger partial charge in [0.15, 0.2) is 0 Å². The van der Waals surface area contributed by atoms with Crippen molar-refractivity contribution in [2.45, 2.75) is 20.0 Å². The van der Waals surface area contributed by atoms with Gasteiger partial charge in [0.1, 0.15) is 11.6 Å². The first-order valence-electron chi connectivity index (χ1n) is 6.31. The molecule has 5 nitrogen and oxygen atoms in total. The number of anilines is 2. The molecule has 1 N–H and O–H groups in total. The van der Waals surface area contributed by atoms with Gasteiger partial charge in [-0.05, 0) is 13.0 Å². The zero-order valence-electron chi connectivity index (χ0n) is 10.5. The second kappa shape index (κ2) is 4.68. The summed E-state index contributed by atoms with van der Waals surface area (Å²) in [6, 6.07) is 4.15. The number of hydrogen-bond donors (Lipinski definition) is 1. The van der Waals surface area contributed by atoms with E-state index in [0.29, 0.717) is 0 Å². The van der Waals surface area contributed by atoms with Crippen molar-refractivity contribution >= 4 is 11.5 Å². The van der Waals surface area contributed by atoms with Crippen LogP contribution in [0.3, 0.4) is 0 Å².